The molecule has 110 valence electrons. The minimum absolute atomic E-state index is 0.243. The predicted octanol–water partition coefficient (Wildman–Crippen LogP) is 2.70. The van der Waals surface area contributed by atoms with Crippen molar-refractivity contribution in [3.05, 3.63) is 10.7 Å². The molecule has 2 rings (SSSR count). The minimum Gasteiger partial charge on any atom is -0.291 e. The summed E-state index contributed by atoms with van der Waals surface area (Å²) in [5.41, 5.74) is 0.268. The maximum atomic E-state index is 11.7. The Morgan fingerprint density at radius 2 is 1.80 bits per heavy atom. The van der Waals surface area contributed by atoms with Crippen molar-refractivity contribution in [3.63, 3.8) is 0 Å². The molecule has 0 bridgehead atoms. The molecule has 2 aromatic heterocycles. The summed E-state index contributed by atoms with van der Waals surface area (Å²) in [6.07, 6.45) is 0. The van der Waals surface area contributed by atoms with Crippen molar-refractivity contribution in [3.8, 4) is 10.7 Å². The number of halogens is 1. The Labute approximate surface area is 126 Å². The second-order valence-electron chi connectivity index (χ2n) is 5.40. The molecule has 0 aliphatic heterocycles. The number of nitrogens with zero attached hydrogens (tertiary/aromatic N) is 4. The Kier molecular flexibility index (Phi) is 3.68. The van der Waals surface area contributed by atoms with Crippen LogP contribution < -0.4 is 0 Å². The first-order chi connectivity index (χ1) is 9.01. The molecule has 0 amide bonds. The average Bonchev–Trinajstić information content (AvgIpc) is 2.79. The summed E-state index contributed by atoms with van der Waals surface area (Å²) >= 11 is 1.45. The standard InChI is InChI=1S/C11H15ClN4O2S2/c1-6-8(19-7(2)13-6)9-14-15-10(20(12,17)18)16(9)11(3,4)5/h1-5H3. The highest BCUT2D eigenvalue weighted by Gasteiger charge is 2.31. The first kappa shape index (κ1) is 15.4. The van der Waals surface area contributed by atoms with Crippen molar-refractivity contribution >= 4 is 31.1 Å². The van der Waals surface area contributed by atoms with Crippen LogP contribution in [0.25, 0.3) is 10.7 Å². The zero-order chi connectivity index (χ0) is 15.3. The summed E-state index contributed by atoms with van der Waals surface area (Å²) in [4.78, 5) is 5.14. The highest BCUT2D eigenvalue weighted by atomic mass is 35.7. The van der Waals surface area contributed by atoms with Crippen molar-refractivity contribution in [1.82, 2.24) is 19.7 Å². The summed E-state index contributed by atoms with van der Waals surface area (Å²) in [6.45, 7) is 9.35. The smallest absolute Gasteiger partial charge is 0.291 e. The number of aryl methyl sites for hydroxylation is 2. The van der Waals surface area contributed by atoms with Crippen LogP contribution in [0.1, 0.15) is 31.5 Å². The van der Waals surface area contributed by atoms with E-state index in [2.05, 4.69) is 15.2 Å². The van der Waals surface area contributed by atoms with Crippen LogP contribution in [0.15, 0.2) is 5.16 Å². The van der Waals surface area contributed by atoms with Gasteiger partial charge in [-0.3, -0.25) is 4.57 Å². The van der Waals surface area contributed by atoms with Crippen molar-refractivity contribution < 1.29 is 8.42 Å². The third-order valence-electron chi connectivity index (χ3n) is 2.63. The van der Waals surface area contributed by atoms with E-state index in [0.717, 1.165) is 15.6 Å². The Bertz CT molecular complexity index is 756. The maximum absolute atomic E-state index is 11.7. The molecule has 6 nitrogen and oxygen atoms in total. The van der Waals surface area contributed by atoms with Gasteiger partial charge in [-0.25, -0.2) is 13.4 Å². The van der Waals surface area contributed by atoms with Gasteiger partial charge in [0.05, 0.1) is 15.6 Å². The normalized spacial score (nSPS) is 12.9. The van der Waals surface area contributed by atoms with Crippen LogP contribution in [0.2, 0.25) is 0 Å². The molecule has 0 spiro atoms. The van der Waals surface area contributed by atoms with E-state index in [0.29, 0.717) is 5.82 Å². The predicted molar refractivity (Wildman–Crippen MR) is 78.6 cm³/mol. The minimum atomic E-state index is -3.96. The quantitative estimate of drug-likeness (QED) is 0.789. The van der Waals surface area contributed by atoms with Crippen LogP contribution in [-0.4, -0.2) is 28.2 Å². The molecule has 9 heteroatoms. The first-order valence-corrected chi connectivity index (χ1v) is 8.99. The second kappa shape index (κ2) is 4.78. The van der Waals surface area contributed by atoms with Gasteiger partial charge in [0.2, 0.25) is 0 Å². The second-order valence-corrected chi connectivity index (χ2v) is 9.06. The van der Waals surface area contributed by atoms with Gasteiger partial charge in [-0.05, 0) is 34.6 Å². The molecule has 2 aromatic rings. The molecule has 0 N–H and O–H groups in total. The molecule has 0 aliphatic rings. The van der Waals surface area contributed by atoms with Crippen LogP contribution in [-0.2, 0) is 14.6 Å². The van der Waals surface area contributed by atoms with Crippen LogP contribution in [0, 0.1) is 13.8 Å². The zero-order valence-electron chi connectivity index (χ0n) is 11.8. The van der Waals surface area contributed by atoms with Gasteiger partial charge in [0.25, 0.3) is 14.2 Å². The van der Waals surface area contributed by atoms with Gasteiger partial charge in [-0.15, -0.1) is 21.5 Å². The average molecular weight is 335 g/mol. The Morgan fingerprint density at radius 1 is 1.20 bits per heavy atom. The lowest BCUT2D eigenvalue weighted by Crippen LogP contribution is -2.25. The Hall–Kier alpha value is -0.990. The van der Waals surface area contributed by atoms with Gasteiger partial charge in [-0.2, -0.15) is 0 Å². The molecular formula is C11H15ClN4O2S2. The lowest BCUT2D eigenvalue weighted by molar-refractivity contribution is 0.367. The van der Waals surface area contributed by atoms with E-state index in [4.69, 9.17) is 10.7 Å². The highest BCUT2D eigenvalue weighted by molar-refractivity contribution is 8.13. The summed E-state index contributed by atoms with van der Waals surface area (Å²) < 4.78 is 24.9. The fourth-order valence-electron chi connectivity index (χ4n) is 1.92. The third-order valence-corrected chi connectivity index (χ3v) is 4.81. The summed E-state index contributed by atoms with van der Waals surface area (Å²) in [5.74, 6) is 0.472. The van der Waals surface area contributed by atoms with Gasteiger partial charge in [0, 0.05) is 16.2 Å². The number of thiazole rings is 1. The highest BCUT2D eigenvalue weighted by Crippen LogP contribution is 2.34. The van der Waals surface area contributed by atoms with Crippen molar-refractivity contribution in [2.75, 3.05) is 0 Å². The third kappa shape index (κ3) is 2.72. The van der Waals surface area contributed by atoms with E-state index in [9.17, 15) is 8.42 Å². The molecular weight excluding hydrogens is 320 g/mol. The van der Waals surface area contributed by atoms with Crippen molar-refractivity contribution in [2.45, 2.75) is 45.3 Å². The topological polar surface area (TPSA) is 77.7 Å². The Balaban J connectivity index is 2.80. The maximum Gasteiger partial charge on any atom is 0.296 e. The lowest BCUT2D eigenvalue weighted by atomic mass is 10.1. The van der Waals surface area contributed by atoms with Crippen LogP contribution in [0.3, 0.4) is 0 Å². The van der Waals surface area contributed by atoms with Crippen molar-refractivity contribution in [2.24, 2.45) is 0 Å². The van der Waals surface area contributed by atoms with E-state index < -0.39 is 14.6 Å². The van der Waals surface area contributed by atoms with Gasteiger partial charge in [0.15, 0.2) is 5.82 Å². The SMILES string of the molecule is Cc1nc(C)c(-c2nnc(S(=O)(=O)Cl)n2C(C)(C)C)s1. The summed E-state index contributed by atoms with van der Waals surface area (Å²) in [6, 6.07) is 0. The molecule has 0 fully saturated rings. The Morgan fingerprint density at radius 3 is 2.20 bits per heavy atom. The fraction of sp³-hybridized carbons (Fsp3) is 0.545. The van der Waals surface area contributed by atoms with Crippen LogP contribution in [0.5, 0.6) is 0 Å². The molecule has 0 aliphatic carbocycles. The monoisotopic (exact) mass is 334 g/mol. The van der Waals surface area contributed by atoms with E-state index in [1.165, 1.54) is 15.9 Å². The molecule has 0 aromatic carbocycles. The molecule has 0 radical (unpaired) electrons. The van der Waals surface area contributed by atoms with E-state index >= 15 is 0 Å². The van der Waals surface area contributed by atoms with Gasteiger partial charge >= 0.3 is 0 Å². The lowest BCUT2D eigenvalue weighted by Gasteiger charge is -2.23. The number of hydrogen-bond donors (Lipinski definition) is 0. The van der Waals surface area contributed by atoms with Gasteiger partial charge in [-0.1, -0.05) is 0 Å². The molecule has 2 heterocycles. The summed E-state index contributed by atoms with van der Waals surface area (Å²) in [5, 5.41) is 8.41. The van der Waals surface area contributed by atoms with Crippen LogP contribution >= 0.6 is 22.0 Å². The molecule has 0 unspecified atom stereocenters. The molecule has 0 saturated heterocycles. The number of rotatable bonds is 2. The summed E-state index contributed by atoms with van der Waals surface area (Å²) in [7, 11) is 1.49. The van der Waals surface area contributed by atoms with E-state index in [1.54, 1.807) is 0 Å². The molecule has 0 atom stereocenters. The van der Waals surface area contributed by atoms with Gasteiger partial charge in [0.1, 0.15) is 0 Å². The fourth-order valence-corrected chi connectivity index (χ4v) is 3.83. The molecule has 0 saturated carbocycles. The van der Waals surface area contributed by atoms with Gasteiger partial charge < -0.3 is 0 Å². The van der Waals surface area contributed by atoms with E-state index in [1.807, 2.05) is 34.6 Å². The molecule has 20 heavy (non-hydrogen) atoms. The van der Waals surface area contributed by atoms with Crippen molar-refractivity contribution in [1.29, 1.82) is 0 Å². The first-order valence-electron chi connectivity index (χ1n) is 5.87. The van der Waals surface area contributed by atoms with Crippen LogP contribution in [0.4, 0.5) is 0 Å². The number of hydrogen-bond acceptors (Lipinski definition) is 6. The largest absolute Gasteiger partial charge is 0.296 e. The number of aromatic nitrogens is 4. The van der Waals surface area contributed by atoms with E-state index in [-0.39, 0.29) is 5.16 Å². The zero-order valence-corrected chi connectivity index (χ0v) is 14.2.